The van der Waals surface area contributed by atoms with Crippen LogP contribution in [0, 0.1) is 0 Å². The maximum atomic E-state index is 4.38. The molecule has 2 aromatic rings. The van der Waals surface area contributed by atoms with Crippen LogP contribution in [0.25, 0.3) is 11.3 Å². The third-order valence-electron chi connectivity index (χ3n) is 1.89. The topological polar surface area (TPSA) is 12.9 Å². The van der Waals surface area contributed by atoms with Gasteiger partial charge in [-0.1, -0.05) is 0 Å². The van der Waals surface area contributed by atoms with E-state index in [0.29, 0.717) is 0 Å². The Morgan fingerprint density at radius 1 is 0.923 bits per heavy atom. The fourth-order valence-corrected chi connectivity index (χ4v) is 2.26. The number of hydrogen-bond donors (Lipinski definition) is 0. The second kappa shape index (κ2) is 3.97. The molecule has 0 saturated carbocycles. The van der Waals surface area contributed by atoms with Crippen molar-refractivity contribution in [3.05, 3.63) is 48.7 Å². The Balaban J connectivity index is 2.54. The van der Waals surface area contributed by atoms with E-state index in [9.17, 15) is 0 Å². The molecule has 2 radical (unpaired) electrons. The number of rotatable bonds is 1. The molecule has 0 unspecified atom stereocenters. The molecule has 60 valence electrons. The third kappa shape index (κ3) is 1.94. The van der Waals surface area contributed by atoms with Gasteiger partial charge < -0.3 is 0 Å². The van der Waals surface area contributed by atoms with E-state index < -0.39 is 0 Å². The van der Waals surface area contributed by atoms with Gasteiger partial charge in [-0.25, -0.2) is 0 Å². The molecule has 0 saturated heterocycles. The second-order valence-corrected chi connectivity index (χ2v) is 4.58. The quantitative estimate of drug-likeness (QED) is 0.765. The Labute approximate surface area is 92.4 Å². The summed E-state index contributed by atoms with van der Waals surface area (Å²) in [6.07, 6.45) is 1.85. The summed E-state index contributed by atoms with van der Waals surface area (Å²) >= 11 is 1.11. The van der Waals surface area contributed by atoms with E-state index in [-0.39, 0.29) is 0 Å². The molecule has 1 heterocycles. The molecule has 2 rings (SSSR count). The van der Waals surface area contributed by atoms with Crippen LogP contribution in [0.3, 0.4) is 0 Å². The van der Waals surface area contributed by atoms with Gasteiger partial charge in [-0.3, -0.25) is 0 Å². The van der Waals surface area contributed by atoms with Crippen LogP contribution in [0.2, 0.25) is 0 Å². The fourth-order valence-electron chi connectivity index (χ4n) is 1.25. The summed E-state index contributed by atoms with van der Waals surface area (Å²) in [5.41, 5.74) is 2.34. The van der Waals surface area contributed by atoms with Crippen molar-refractivity contribution in [1.29, 1.82) is 0 Å². The Kier molecular flexibility index (Phi) is 2.69. The molecule has 1 aromatic heterocycles. The molecule has 0 atom stereocenters. The van der Waals surface area contributed by atoms with Crippen LogP contribution < -0.4 is 3.32 Å². The molecule has 0 N–H and O–H groups in total. The molecule has 0 aliphatic heterocycles. The molecule has 1 aromatic carbocycles. The molecule has 13 heavy (non-hydrogen) atoms. The monoisotopic (exact) mass is 269 g/mol. The van der Waals surface area contributed by atoms with Crippen molar-refractivity contribution in [2.75, 3.05) is 0 Å². The normalized spacial score (nSPS) is 9.85. The number of benzene rings is 1. The minimum absolute atomic E-state index is 1.11. The summed E-state index contributed by atoms with van der Waals surface area (Å²) in [7, 11) is 0. The zero-order valence-corrected chi connectivity index (χ0v) is 10.4. The van der Waals surface area contributed by atoms with E-state index in [0.717, 1.165) is 30.1 Å². The van der Waals surface area contributed by atoms with E-state index in [4.69, 9.17) is 0 Å². The van der Waals surface area contributed by atoms with Crippen molar-refractivity contribution in [3.8, 4) is 11.3 Å². The van der Waals surface area contributed by atoms with E-state index in [1.54, 1.807) is 0 Å². The van der Waals surface area contributed by atoms with Crippen molar-refractivity contribution in [2.24, 2.45) is 0 Å². The summed E-state index contributed by atoms with van der Waals surface area (Å²) in [4.78, 5) is 4.38. The van der Waals surface area contributed by atoms with Crippen LogP contribution in [0.5, 0.6) is 0 Å². The fraction of sp³-hybridized carbons (Fsp3) is 0. The molecule has 0 amide bonds. The van der Waals surface area contributed by atoms with Gasteiger partial charge in [0.15, 0.2) is 0 Å². The molecular formula is C11H8InN. The van der Waals surface area contributed by atoms with Gasteiger partial charge in [-0.15, -0.1) is 0 Å². The van der Waals surface area contributed by atoms with Gasteiger partial charge in [0.2, 0.25) is 0 Å². The summed E-state index contributed by atoms with van der Waals surface area (Å²) in [6, 6.07) is 14.4. The van der Waals surface area contributed by atoms with Crippen LogP contribution in [-0.4, -0.2) is 29.4 Å². The molecule has 0 spiro atoms. The van der Waals surface area contributed by atoms with Gasteiger partial charge in [0.1, 0.15) is 0 Å². The van der Waals surface area contributed by atoms with E-state index in [1.807, 2.05) is 30.5 Å². The molecule has 1 nitrogen and oxygen atoms in total. The van der Waals surface area contributed by atoms with Gasteiger partial charge in [0, 0.05) is 0 Å². The molecule has 2 heteroatoms. The van der Waals surface area contributed by atoms with Crippen molar-refractivity contribution < 1.29 is 0 Å². The average molecular weight is 269 g/mol. The van der Waals surface area contributed by atoms with Crippen LogP contribution in [-0.2, 0) is 0 Å². The molecule has 0 aliphatic rings. The number of pyridine rings is 1. The first-order chi connectivity index (χ1) is 6.38. The van der Waals surface area contributed by atoms with Crippen LogP contribution in [0.1, 0.15) is 0 Å². The van der Waals surface area contributed by atoms with Crippen molar-refractivity contribution in [2.45, 2.75) is 0 Å². The SMILES string of the molecule is [In][c]1cccnc1-c1ccccc1. The van der Waals surface area contributed by atoms with Crippen LogP contribution >= 0.6 is 0 Å². The maximum absolute atomic E-state index is 4.38. The second-order valence-electron chi connectivity index (χ2n) is 2.81. The summed E-state index contributed by atoms with van der Waals surface area (Å²) < 4.78 is 1.35. The predicted octanol–water partition coefficient (Wildman–Crippen LogP) is 1.54. The average Bonchev–Trinajstić information content (AvgIpc) is 2.20. The van der Waals surface area contributed by atoms with Gasteiger partial charge in [-0.05, 0) is 0 Å². The Hall–Kier alpha value is -0.760. The number of hydrogen-bond acceptors (Lipinski definition) is 1. The Morgan fingerprint density at radius 3 is 2.38 bits per heavy atom. The predicted molar refractivity (Wildman–Crippen MR) is 55.1 cm³/mol. The third-order valence-corrected chi connectivity index (χ3v) is 3.22. The first-order valence-electron chi connectivity index (χ1n) is 4.14. The minimum atomic E-state index is 1.11. The van der Waals surface area contributed by atoms with E-state index >= 15 is 0 Å². The molecule has 0 aliphatic carbocycles. The standard InChI is InChI=1S/C11H8N.In/c1-2-6-10(7-3-1)11-8-4-5-9-12-11;/h1-7,9H;. The summed E-state index contributed by atoms with van der Waals surface area (Å²) in [5, 5.41) is 0. The van der Waals surface area contributed by atoms with Gasteiger partial charge in [0.05, 0.1) is 0 Å². The first-order valence-corrected chi connectivity index (χ1v) is 5.78. The van der Waals surface area contributed by atoms with Crippen LogP contribution in [0.4, 0.5) is 0 Å². The van der Waals surface area contributed by atoms with Gasteiger partial charge in [0.25, 0.3) is 0 Å². The van der Waals surface area contributed by atoms with Gasteiger partial charge in [-0.2, -0.15) is 0 Å². The molecular weight excluding hydrogens is 261 g/mol. The van der Waals surface area contributed by atoms with Crippen molar-refractivity contribution >= 4 is 27.7 Å². The first kappa shape index (κ1) is 8.82. The summed E-state index contributed by atoms with van der Waals surface area (Å²) in [5.74, 6) is 0. The molecule has 0 fully saturated rings. The Morgan fingerprint density at radius 2 is 1.69 bits per heavy atom. The zero-order chi connectivity index (χ0) is 9.10. The van der Waals surface area contributed by atoms with Crippen LogP contribution in [0.15, 0.2) is 48.7 Å². The van der Waals surface area contributed by atoms with Crippen molar-refractivity contribution in [3.63, 3.8) is 0 Å². The van der Waals surface area contributed by atoms with Gasteiger partial charge >= 0.3 is 92.6 Å². The van der Waals surface area contributed by atoms with E-state index in [2.05, 4.69) is 23.2 Å². The zero-order valence-electron chi connectivity index (χ0n) is 7.14. The summed E-state index contributed by atoms with van der Waals surface area (Å²) in [6.45, 7) is 0. The number of aromatic nitrogens is 1. The van der Waals surface area contributed by atoms with E-state index in [1.165, 1.54) is 8.88 Å². The molecule has 0 bridgehead atoms. The Bertz CT molecular complexity index is 398. The number of nitrogens with zero attached hydrogens (tertiary/aromatic N) is 1. The van der Waals surface area contributed by atoms with Crippen molar-refractivity contribution in [1.82, 2.24) is 4.98 Å².